The van der Waals surface area contributed by atoms with Gasteiger partial charge in [-0.05, 0) is 44.2 Å². The molecule has 3 heterocycles. The maximum absolute atomic E-state index is 12.7. The van der Waals surface area contributed by atoms with Crippen molar-refractivity contribution in [1.82, 2.24) is 14.9 Å². The number of para-hydroxylation sites is 1. The minimum Gasteiger partial charge on any atom is -0.422 e. The molecular formula is C24H24N4O2. The molecule has 1 aliphatic heterocycles. The van der Waals surface area contributed by atoms with Gasteiger partial charge in [0.1, 0.15) is 5.58 Å². The highest BCUT2D eigenvalue weighted by Gasteiger charge is 2.21. The van der Waals surface area contributed by atoms with Crippen LogP contribution in [0.4, 0.5) is 5.69 Å². The van der Waals surface area contributed by atoms with E-state index in [1.807, 2.05) is 59.3 Å². The fourth-order valence-corrected chi connectivity index (χ4v) is 4.22. The van der Waals surface area contributed by atoms with Crippen LogP contribution in [-0.2, 0) is 0 Å². The van der Waals surface area contributed by atoms with Gasteiger partial charge in [-0.3, -0.25) is 0 Å². The van der Waals surface area contributed by atoms with E-state index in [1.54, 1.807) is 6.33 Å². The topological polar surface area (TPSA) is 63.3 Å². The van der Waals surface area contributed by atoms with Gasteiger partial charge < -0.3 is 19.2 Å². The highest BCUT2D eigenvalue weighted by molar-refractivity contribution is 5.84. The van der Waals surface area contributed by atoms with Crippen molar-refractivity contribution >= 4 is 16.7 Å². The molecule has 0 bridgehead atoms. The third-order valence-electron chi connectivity index (χ3n) is 5.56. The lowest BCUT2D eigenvalue weighted by molar-refractivity contribution is 0.407. The molecule has 0 radical (unpaired) electrons. The van der Waals surface area contributed by atoms with Crippen molar-refractivity contribution in [3.05, 3.63) is 77.5 Å². The normalized spacial score (nSPS) is 19.3. The van der Waals surface area contributed by atoms with Crippen molar-refractivity contribution in [3.8, 4) is 16.9 Å². The summed E-state index contributed by atoms with van der Waals surface area (Å²) < 4.78 is 7.60. The second kappa shape index (κ2) is 7.46. The van der Waals surface area contributed by atoms with E-state index in [2.05, 4.69) is 35.1 Å². The number of hydrogen-bond donors (Lipinski definition) is 1. The summed E-state index contributed by atoms with van der Waals surface area (Å²) in [7, 11) is 0. The van der Waals surface area contributed by atoms with Gasteiger partial charge in [-0.15, -0.1) is 0 Å². The van der Waals surface area contributed by atoms with Gasteiger partial charge in [0.2, 0.25) is 0 Å². The molecule has 152 valence electrons. The predicted octanol–water partition coefficient (Wildman–Crippen LogP) is 3.83. The molecule has 2 atom stereocenters. The Hall–Kier alpha value is -3.38. The van der Waals surface area contributed by atoms with Crippen LogP contribution in [0.5, 0.6) is 0 Å². The zero-order valence-electron chi connectivity index (χ0n) is 17.1. The van der Waals surface area contributed by atoms with Crippen molar-refractivity contribution < 1.29 is 4.42 Å². The van der Waals surface area contributed by atoms with Gasteiger partial charge in [-0.1, -0.05) is 18.2 Å². The first-order chi connectivity index (χ1) is 14.6. The van der Waals surface area contributed by atoms with Gasteiger partial charge in [0.25, 0.3) is 0 Å². The first kappa shape index (κ1) is 18.6. The Morgan fingerprint density at radius 1 is 1.00 bits per heavy atom. The number of rotatable bonds is 3. The van der Waals surface area contributed by atoms with Crippen LogP contribution in [0.25, 0.3) is 27.9 Å². The van der Waals surface area contributed by atoms with Gasteiger partial charge in [0.15, 0.2) is 0 Å². The van der Waals surface area contributed by atoms with E-state index in [1.165, 1.54) is 0 Å². The van der Waals surface area contributed by atoms with E-state index in [0.717, 1.165) is 29.9 Å². The average molecular weight is 400 g/mol. The Labute approximate surface area is 174 Å². The molecule has 6 heteroatoms. The van der Waals surface area contributed by atoms with Crippen LogP contribution in [0.15, 0.2) is 76.3 Å². The second-order valence-electron chi connectivity index (χ2n) is 8.05. The average Bonchev–Trinajstić information content (AvgIpc) is 3.23. The summed E-state index contributed by atoms with van der Waals surface area (Å²) in [6.07, 6.45) is 3.56. The standard InChI is InChI=1S/C24H24N4O2/c1-16-12-27(13-17(2)26-16)20-9-8-18-10-21(24(29)30-23(18)11-20)22-14-28(15-25-22)19-6-4-3-5-7-19/h3-11,14-17,26H,12-13H2,1-2H3/t16-,17+. The third kappa shape index (κ3) is 3.50. The van der Waals surface area contributed by atoms with Crippen LogP contribution in [0, 0.1) is 0 Å². The number of fused-ring (bicyclic) bond motifs is 1. The summed E-state index contributed by atoms with van der Waals surface area (Å²) in [6, 6.07) is 18.7. The highest BCUT2D eigenvalue weighted by Crippen LogP contribution is 2.26. The maximum atomic E-state index is 12.7. The largest absolute Gasteiger partial charge is 0.422 e. The predicted molar refractivity (Wildman–Crippen MR) is 119 cm³/mol. The highest BCUT2D eigenvalue weighted by atomic mass is 16.4. The van der Waals surface area contributed by atoms with E-state index in [0.29, 0.717) is 28.9 Å². The first-order valence-corrected chi connectivity index (χ1v) is 10.3. The van der Waals surface area contributed by atoms with Crippen LogP contribution in [-0.4, -0.2) is 34.7 Å². The number of nitrogens with zero attached hydrogens (tertiary/aromatic N) is 3. The molecule has 0 saturated carbocycles. The maximum Gasteiger partial charge on any atom is 0.345 e. The number of benzene rings is 2. The van der Waals surface area contributed by atoms with Crippen molar-refractivity contribution in [1.29, 1.82) is 0 Å². The quantitative estimate of drug-likeness (QED) is 0.530. The Morgan fingerprint density at radius 2 is 1.77 bits per heavy atom. The summed E-state index contributed by atoms with van der Waals surface area (Å²) in [5.41, 5.74) is 3.36. The zero-order chi connectivity index (χ0) is 20.7. The molecule has 2 aromatic heterocycles. The first-order valence-electron chi connectivity index (χ1n) is 10.3. The lowest BCUT2D eigenvalue weighted by Crippen LogP contribution is -2.54. The molecule has 1 aliphatic rings. The molecule has 1 N–H and O–H groups in total. The third-order valence-corrected chi connectivity index (χ3v) is 5.56. The molecule has 2 aromatic carbocycles. The minimum absolute atomic E-state index is 0.375. The van der Waals surface area contributed by atoms with Crippen molar-refractivity contribution in [2.45, 2.75) is 25.9 Å². The number of imidazole rings is 1. The summed E-state index contributed by atoms with van der Waals surface area (Å²) in [4.78, 5) is 19.5. The molecular weight excluding hydrogens is 376 g/mol. The van der Waals surface area contributed by atoms with Gasteiger partial charge in [-0.2, -0.15) is 0 Å². The molecule has 0 spiro atoms. The van der Waals surface area contributed by atoms with Crippen LogP contribution >= 0.6 is 0 Å². The van der Waals surface area contributed by atoms with E-state index in [4.69, 9.17) is 4.42 Å². The summed E-state index contributed by atoms with van der Waals surface area (Å²) in [6.45, 7) is 6.22. The Morgan fingerprint density at radius 3 is 2.53 bits per heavy atom. The molecule has 0 unspecified atom stereocenters. The molecule has 0 amide bonds. The van der Waals surface area contributed by atoms with E-state index < -0.39 is 0 Å². The van der Waals surface area contributed by atoms with Gasteiger partial charge in [0, 0.05) is 54.2 Å². The van der Waals surface area contributed by atoms with Crippen LogP contribution in [0.3, 0.4) is 0 Å². The monoisotopic (exact) mass is 400 g/mol. The van der Waals surface area contributed by atoms with Crippen LogP contribution in [0.1, 0.15) is 13.8 Å². The molecule has 1 saturated heterocycles. The molecule has 6 nitrogen and oxygen atoms in total. The summed E-state index contributed by atoms with van der Waals surface area (Å²) in [5, 5.41) is 4.43. The smallest absolute Gasteiger partial charge is 0.345 e. The van der Waals surface area contributed by atoms with Crippen molar-refractivity contribution in [2.24, 2.45) is 0 Å². The molecule has 5 rings (SSSR count). The molecule has 1 fully saturated rings. The fourth-order valence-electron chi connectivity index (χ4n) is 4.22. The number of aromatic nitrogens is 2. The SMILES string of the molecule is C[C@@H]1CN(c2ccc3cc(-c4cn(-c5ccccc5)cn4)c(=O)oc3c2)C[C@H](C)N1. The van der Waals surface area contributed by atoms with Gasteiger partial charge in [-0.25, -0.2) is 9.78 Å². The Balaban J connectivity index is 1.49. The van der Waals surface area contributed by atoms with E-state index in [-0.39, 0.29) is 5.63 Å². The lowest BCUT2D eigenvalue weighted by atomic mass is 10.1. The molecule has 0 aliphatic carbocycles. The summed E-state index contributed by atoms with van der Waals surface area (Å²) >= 11 is 0. The summed E-state index contributed by atoms with van der Waals surface area (Å²) in [5.74, 6) is 0. The second-order valence-corrected chi connectivity index (χ2v) is 8.05. The van der Waals surface area contributed by atoms with Gasteiger partial charge >= 0.3 is 5.63 Å². The van der Waals surface area contributed by atoms with Crippen molar-refractivity contribution in [3.63, 3.8) is 0 Å². The molecule has 4 aromatic rings. The minimum atomic E-state index is -0.375. The fraction of sp³-hybridized carbons (Fsp3) is 0.250. The van der Waals surface area contributed by atoms with E-state index >= 15 is 0 Å². The number of hydrogen-bond acceptors (Lipinski definition) is 5. The van der Waals surface area contributed by atoms with Crippen molar-refractivity contribution in [2.75, 3.05) is 18.0 Å². The Kier molecular flexibility index (Phi) is 4.64. The molecule has 30 heavy (non-hydrogen) atoms. The van der Waals surface area contributed by atoms with E-state index in [9.17, 15) is 4.79 Å². The zero-order valence-corrected chi connectivity index (χ0v) is 17.1. The van der Waals surface area contributed by atoms with Gasteiger partial charge in [0.05, 0.1) is 17.6 Å². The number of nitrogens with one attached hydrogen (secondary N) is 1. The number of anilines is 1. The van der Waals surface area contributed by atoms with Crippen LogP contribution in [0.2, 0.25) is 0 Å². The van der Waals surface area contributed by atoms with Crippen LogP contribution < -0.4 is 15.8 Å². The number of piperazine rings is 1. The Bertz CT molecular complexity index is 1240. The lowest BCUT2D eigenvalue weighted by Gasteiger charge is -2.37.